The Morgan fingerprint density at radius 1 is 0.900 bits per heavy atom. The molecule has 1 aliphatic heterocycles. The second kappa shape index (κ2) is 7.51. The predicted octanol–water partition coefficient (Wildman–Crippen LogP) is 4.03. The highest BCUT2D eigenvalue weighted by Crippen LogP contribution is 2.43. The van der Waals surface area contributed by atoms with E-state index in [1.807, 2.05) is 0 Å². The molecule has 1 atom stereocenters. The molecule has 0 N–H and O–H groups in total. The second-order valence-electron chi connectivity index (χ2n) is 7.25. The van der Waals surface area contributed by atoms with Crippen molar-refractivity contribution in [1.29, 1.82) is 0 Å². The van der Waals surface area contributed by atoms with Gasteiger partial charge in [0, 0.05) is 54.3 Å². The fraction of sp³-hybridized carbons (Fsp3) is 0.238. The molecule has 1 heterocycles. The molecular formula is C21H17N3O6. The average Bonchev–Trinajstić information content (AvgIpc) is 2.73. The molecule has 2 aliphatic rings. The number of amides is 1. The largest absolute Gasteiger partial charge is 0.294 e. The molecule has 9 nitrogen and oxygen atoms in total. The smallest absolute Gasteiger partial charge is 0.271 e. The normalized spacial score (nSPS) is 18.9. The van der Waals surface area contributed by atoms with E-state index in [2.05, 4.69) is 0 Å². The molecule has 30 heavy (non-hydrogen) atoms. The Hall–Kier alpha value is -3.88. The first kappa shape index (κ1) is 19.4. The summed E-state index contributed by atoms with van der Waals surface area (Å²) in [6.45, 7) is 0. The van der Waals surface area contributed by atoms with E-state index in [1.165, 1.54) is 35.2 Å². The molecule has 0 aromatic heterocycles. The quantitative estimate of drug-likeness (QED) is 0.557. The lowest BCUT2D eigenvalue weighted by atomic mass is 9.77. The topological polar surface area (TPSA) is 124 Å². The number of allylic oxidation sites excluding steroid dienone is 2. The van der Waals surface area contributed by atoms with Gasteiger partial charge < -0.3 is 0 Å². The van der Waals surface area contributed by atoms with Crippen molar-refractivity contribution in [3.05, 3.63) is 85.6 Å². The maximum Gasteiger partial charge on any atom is 0.271 e. The maximum atomic E-state index is 13.1. The first-order chi connectivity index (χ1) is 14.4. The molecule has 9 heteroatoms. The number of anilines is 1. The minimum Gasteiger partial charge on any atom is -0.294 e. The van der Waals surface area contributed by atoms with Crippen molar-refractivity contribution in [2.24, 2.45) is 0 Å². The molecule has 2 aromatic carbocycles. The van der Waals surface area contributed by atoms with E-state index in [9.17, 15) is 29.8 Å². The van der Waals surface area contributed by atoms with Crippen LogP contribution in [0.25, 0.3) is 0 Å². The van der Waals surface area contributed by atoms with Crippen molar-refractivity contribution < 1.29 is 19.4 Å². The molecule has 0 radical (unpaired) electrons. The highest BCUT2D eigenvalue weighted by Gasteiger charge is 2.40. The van der Waals surface area contributed by atoms with Gasteiger partial charge in [-0.3, -0.25) is 34.7 Å². The third-order valence-electron chi connectivity index (χ3n) is 5.48. The standard InChI is InChI=1S/C21H17N3O6/c25-19-6-2-5-18-21(19)17(13-7-9-14(10-8-13)23(27)28)12-20(26)22(18)15-3-1-4-16(11-15)24(29)30/h1,3-4,7-11,17H,2,5-6,12H2. The first-order valence-electron chi connectivity index (χ1n) is 9.45. The average molecular weight is 407 g/mol. The summed E-state index contributed by atoms with van der Waals surface area (Å²) in [5, 5.41) is 22.1. The van der Waals surface area contributed by atoms with Crippen LogP contribution in [0.1, 0.15) is 37.2 Å². The van der Waals surface area contributed by atoms with Crippen LogP contribution in [-0.4, -0.2) is 21.5 Å². The summed E-state index contributed by atoms with van der Waals surface area (Å²) < 4.78 is 0. The number of hydrogen-bond acceptors (Lipinski definition) is 6. The summed E-state index contributed by atoms with van der Waals surface area (Å²) in [5.41, 5.74) is 1.90. The van der Waals surface area contributed by atoms with E-state index >= 15 is 0 Å². The molecule has 0 bridgehead atoms. The zero-order valence-electron chi connectivity index (χ0n) is 15.8. The van der Waals surface area contributed by atoms with Crippen molar-refractivity contribution in [1.82, 2.24) is 0 Å². The van der Waals surface area contributed by atoms with E-state index in [4.69, 9.17) is 0 Å². The number of carbonyl (C=O) groups is 2. The summed E-state index contributed by atoms with van der Waals surface area (Å²) in [7, 11) is 0. The predicted molar refractivity (Wildman–Crippen MR) is 107 cm³/mol. The van der Waals surface area contributed by atoms with E-state index in [0.717, 1.165) is 0 Å². The zero-order valence-corrected chi connectivity index (χ0v) is 15.8. The SMILES string of the molecule is O=C1CCCC2=C1C(c1ccc([N+](=O)[O-])cc1)CC(=O)N2c1cccc([N+](=O)[O-])c1. The number of nitro groups is 2. The summed E-state index contributed by atoms with van der Waals surface area (Å²) in [5.74, 6) is -0.828. The van der Waals surface area contributed by atoms with Crippen LogP contribution in [0.4, 0.5) is 17.1 Å². The second-order valence-corrected chi connectivity index (χ2v) is 7.25. The van der Waals surface area contributed by atoms with Crippen LogP contribution in [0.2, 0.25) is 0 Å². The molecule has 0 saturated heterocycles. The van der Waals surface area contributed by atoms with Crippen molar-refractivity contribution >= 4 is 28.8 Å². The number of rotatable bonds is 4. The van der Waals surface area contributed by atoms with Crippen LogP contribution in [0.15, 0.2) is 59.8 Å². The van der Waals surface area contributed by atoms with Gasteiger partial charge in [0.2, 0.25) is 5.91 Å². The van der Waals surface area contributed by atoms with Gasteiger partial charge in [0.1, 0.15) is 0 Å². The van der Waals surface area contributed by atoms with Crippen LogP contribution < -0.4 is 4.90 Å². The number of non-ortho nitro benzene ring substituents is 2. The van der Waals surface area contributed by atoms with Gasteiger partial charge in [-0.2, -0.15) is 0 Å². The van der Waals surface area contributed by atoms with Gasteiger partial charge in [0.25, 0.3) is 11.4 Å². The highest BCUT2D eigenvalue weighted by molar-refractivity contribution is 6.07. The van der Waals surface area contributed by atoms with E-state index in [0.29, 0.717) is 41.8 Å². The number of Topliss-reactive ketones (excluding diaryl/α,β-unsaturated/α-hetero) is 1. The Balaban J connectivity index is 1.81. The lowest BCUT2D eigenvalue weighted by Gasteiger charge is -2.38. The van der Waals surface area contributed by atoms with Crippen molar-refractivity contribution in [3.8, 4) is 0 Å². The minimum atomic E-state index is -0.529. The summed E-state index contributed by atoms with van der Waals surface area (Å²) >= 11 is 0. The number of nitrogens with zero attached hydrogens (tertiary/aromatic N) is 3. The van der Waals surface area contributed by atoms with Gasteiger partial charge in [0.15, 0.2) is 5.78 Å². The molecule has 1 unspecified atom stereocenters. The summed E-state index contributed by atoms with van der Waals surface area (Å²) in [6.07, 6.45) is 1.45. The lowest BCUT2D eigenvalue weighted by Crippen LogP contribution is -2.40. The molecule has 0 saturated carbocycles. The number of carbonyl (C=O) groups excluding carboxylic acids is 2. The number of benzene rings is 2. The van der Waals surface area contributed by atoms with Crippen LogP contribution in [0.5, 0.6) is 0 Å². The first-order valence-corrected chi connectivity index (χ1v) is 9.45. The fourth-order valence-electron chi connectivity index (χ4n) is 4.15. The van der Waals surface area contributed by atoms with Crippen molar-refractivity contribution in [2.75, 3.05) is 4.90 Å². The molecule has 1 amide bonds. The van der Waals surface area contributed by atoms with Gasteiger partial charge in [-0.05, 0) is 24.5 Å². The zero-order chi connectivity index (χ0) is 21.4. The van der Waals surface area contributed by atoms with Crippen LogP contribution in [0.3, 0.4) is 0 Å². The van der Waals surface area contributed by atoms with E-state index < -0.39 is 15.8 Å². The molecule has 0 spiro atoms. The Bertz CT molecular complexity index is 1110. The van der Waals surface area contributed by atoms with Crippen LogP contribution in [-0.2, 0) is 9.59 Å². The number of nitro benzene ring substituents is 2. The van der Waals surface area contributed by atoms with Gasteiger partial charge in [-0.1, -0.05) is 18.2 Å². The Morgan fingerprint density at radius 3 is 2.27 bits per heavy atom. The number of ketones is 1. The molecule has 152 valence electrons. The van der Waals surface area contributed by atoms with E-state index in [-0.39, 0.29) is 29.5 Å². The number of hydrogen-bond donors (Lipinski definition) is 0. The minimum absolute atomic E-state index is 0.00504. The Labute approximate surface area is 170 Å². The van der Waals surface area contributed by atoms with Gasteiger partial charge in [-0.15, -0.1) is 0 Å². The van der Waals surface area contributed by atoms with Gasteiger partial charge in [-0.25, -0.2) is 0 Å². The Morgan fingerprint density at radius 2 is 1.60 bits per heavy atom. The molecule has 0 fully saturated rings. The third-order valence-corrected chi connectivity index (χ3v) is 5.48. The summed E-state index contributed by atoms with van der Waals surface area (Å²) in [4.78, 5) is 48.4. The van der Waals surface area contributed by atoms with E-state index in [1.54, 1.807) is 18.2 Å². The monoisotopic (exact) mass is 407 g/mol. The fourth-order valence-corrected chi connectivity index (χ4v) is 4.15. The summed E-state index contributed by atoms with van der Waals surface area (Å²) in [6, 6.07) is 11.7. The van der Waals surface area contributed by atoms with Crippen LogP contribution >= 0.6 is 0 Å². The molecular weight excluding hydrogens is 390 g/mol. The Kier molecular flexibility index (Phi) is 4.86. The van der Waals surface area contributed by atoms with Crippen LogP contribution in [0, 0.1) is 20.2 Å². The highest BCUT2D eigenvalue weighted by atomic mass is 16.6. The maximum absolute atomic E-state index is 13.1. The van der Waals surface area contributed by atoms with Gasteiger partial charge in [0.05, 0.1) is 15.5 Å². The molecule has 4 rings (SSSR count). The molecule has 2 aromatic rings. The van der Waals surface area contributed by atoms with Gasteiger partial charge >= 0.3 is 0 Å². The lowest BCUT2D eigenvalue weighted by molar-refractivity contribution is -0.385. The van der Waals surface area contributed by atoms with Crippen molar-refractivity contribution in [2.45, 2.75) is 31.6 Å². The van der Waals surface area contributed by atoms with Crippen molar-refractivity contribution in [3.63, 3.8) is 0 Å². The molecule has 1 aliphatic carbocycles. The third kappa shape index (κ3) is 3.34.